The molecule has 2 heteroatoms. The van der Waals surface area contributed by atoms with Crippen molar-refractivity contribution in [2.45, 2.75) is 25.4 Å². The van der Waals surface area contributed by atoms with Crippen molar-refractivity contribution >= 4 is 7.80 Å². The SMILES string of the molecule is Cc1ccccc1C1CCC[P+]1=O. The highest BCUT2D eigenvalue weighted by Gasteiger charge is 2.37. The monoisotopic (exact) mass is 193 g/mol. The van der Waals surface area contributed by atoms with Gasteiger partial charge in [-0.05, 0) is 18.9 Å². The van der Waals surface area contributed by atoms with Crippen LogP contribution in [0.15, 0.2) is 24.3 Å². The summed E-state index contributed by atoms with van der Waals surface area (Å²) < 4.78 is 11.7. The average molecular weight is 193 g/mol. The number of rotatable bonds is 1. The van der Waals surface area contributed by atoms with Crippen LogP contribution < -0.4 is 0 Å². The van der Waals surface area contributed by atoms with Crippen molar-refractivity contribution in [1.82, 2.24) is 0 Å². The van der Waals surface area contributed by atoms with Crippen molar-refractivity contribution in [3.63, 3.8) is 0 Å². The van der Waals surface area contributed by atoms with E-state index >= 15 is 0 Å². The lowest BCUT2D eigenvalue weighted by Crippen LogP contribution is -1.91. The minimum atomic E-state index is -0.971. The van der Waals surface area contributed by atoms with E-state index in [1.54, 1.807) is 0 Å². The van der Waals surface area contributed by atoms with Crippen molar-refractivity contribution in [2.75, 3.05) is 6.16 Å². The number of hydrogen-bond acceptors (Lipinski definition) is 1. The lowest BCUT2D eigenvalue weighted by molar-refractivity contribution is 0.585. The molecule has 1 aliphatic rings. The van der Waals surface area contributed by atoms with Crippen LogP contribution in [0.3, 0.4) is 0 Å². The molecule has 0 bridgehead atoms. The lowest BCUT2D eigenvalue weighted by Gasteiger charge is -2.04. The van der Waals surface area contributed by atoms with E-state index < -0.39 is 7.80 Å². The largest absolute Gasteiger partial charge is 0.346 e. The highest BCUT2D eigenvalue weighted by Crippen LogP contribution is 2.51. The summed E-state index contributed by atoms with van der Waals surface area (Å²) in [6.07, 6.45) is 3.17. The Balaban J connectivity index is 2.34. The molecule has 13 heavy (non-hydrogen) atoms. The second-order valence-electron chi connectivity index (χ2n) is 3.66. The van der Waals surface area contributed by atoms with Gasteiger partial charge in [-0.25, -0.2) is 0 Å². The van der Waals surface area contributed by atoms with E-state index in [0.29, 0.717) is 5.66 Å². The highest BCUT2D eigenvalue weighted by molar-refractivity contribution is 7.45. The molecule has 68 valence electrons. The van der Waals surface area contributed by atoms with Crippen molar-refractivity contribution in [1.29, 1.82) is 0 Å². The zero-order valence-electron chi connectivity index (χ0n) is 7.86. The summed E-state index contributed by atoms with van der Waals surface area (Å²) >= 11 is 0. The van der Waals surface area contributed by atoms with Crippen molar-refractivity contribution in [2.24, 2.45) is 0 Å². The number of benzene rings is 1. The molecule has 1 fully saturated rings. The Bertz CT molecular complexity index is 333. The fourth-order valence-electron chi connectivity index (χ4n) is 2.01. The maximum atomic E-state index is 11.7. The van der Waals surface area contributed by atoms with Gasteiger partial charge in [-0.2, -0.15) is 0 Å². The molecular formula is C11H14OP+. The summed E-state index contributed by atoms with van der Waals surface area (Å²) in [7, 11) is -0.971. The summed E-state index contributed by atoms with van der Waals surface area (Å²) in [5.74, 6) is 0. The number of hydrogen-bond donors (Lipinski definition) is 0. The van der Waals surface area contributed by atoms with Crippen LogP contribution in [0.2, 0.25) is 0 Å². The fourth-order valence-corrected chi connectivity index (χ4v) is 3.89. The van der Waals surface area contributed by atoms with Crippen LogP contribution >= 0.6 is 7.80 Å². The van der Waals surface area contributed by atoms with E-state index in [4.69, 9.17) is 0 Å². The third-order valence-electron chi connectivity index (χ3n) is 2.75. The Morgan fingerprint density at radius 1 is 1.38 bits per heavy atom. The molecule has 1 aromatic rings. The molecule has 2 atom stereocenters. The molecule has 2 rings (SSSR count). The molecule has 0 radical (unpaired) electrons. The normalized spacial score (nSPS) is 25.0. The van der Waals surface area contributed by atoms with Gasteiger partial charge in [0.15, 0.2) is 5.66 Å². The van der Waals surface area contributed by atoms with Crippen molar-refractivity contribution in [3.8, 4) is 0 Å². The van der Waals surface area contributed by atoms with Gasteiger partial charge in [-0.3, -0.25) is 0 Å². The van der Waals surface area contributed by atoms with E-state index in [-0.39, 0.29) is 0 Å². The van der Waals surface area contributed by atoms with Crippen molar-refractivity contribution < 1.29 is 4.57 Å². The molecule has 2 unspecified atom stereocenters. The first kappa shape index (κ1) is 8.90. The Kier molecular flexibility index (Phi) is 2.46. The van der Waals surface area contributed by atoms with Gasteiger partial charge in [0.05, 0.1) is 0 Å². The van der Waals surface area contributed by atoms with Gasteiger partial charge in [0.2, 0.25) is 0 Å². The average Bonchev–Trinajstić information content (AvgIpc) is 2.52. The Labute approximate surface area is 80.0 Å². The van der Waals surface area contributed by atoms with Crippen LogP contribution in [-0.2, 0) is 4.57 Å². The predicted octanol–water partition coefficient (Wildman–Crippen LogP) is 3.66. The molecule has 0 aliphatic carbocycles. The molecule has 0 saturated carbocycles. The molecule has 0 N–H and O–H groups in total. The van der Waals surface area contributed by atoms with E-state index in [1.165, 1.54) is 11.1 Å². The van der Waals surface area contributed by atoms with E-state index in [9.17, 15) is 4.57 Å². The summed E-state index contributed by atoms with van der Waals surface area (Å²) in [5.41, 5.74) is 2.94. The maximum absolute atomic E-state index is 11.7. The van der Waals surface area contributed by atoms with Gasteiger partial charge in [0.1, 0.15) is 6.16 Å². The summed E-state index contributed by atoms with van der Waals surface area (Å²) in [4.78, 5) is 0. The summed E-state index contributed by atoms with van der Waals surface area (Å²) in [6, 6.07) is 8.32. The van der Waals surface area contributed by atoms with Crippen LogP contribution in [0.4, 0.5) is 0 Å². The van der Waals surface area contributed by atoms with Crippen LogP contribution in [0.25, 0.3) is 0 Å². The standard InChI is InChI=1S/C11H14OP/c1-9-5-2-3-6-10(9)11-7-4-8-13(11)12/h2-3,5-6,11H,4,7-8H2,1H3/q+1. The maximum Gasteiger partial charge on any atom is 0.346 e. The first-order chi connectivity index (χ1) is 6.29. The lowest BCUT2D eigenvalue weighted by atomic mass is 10.0. The zero-order valence-corrected chi connectivity index (χ0v) is 8.76. The highest BCUT2D eigenvalue weighted by atomic mass is 31.1. The van der Waals surface area contributed by atoms with Crippen LogP contribution in [0.1, 0.15) is 29.6 Å². The third-order valence-corrected chi connectivity index (χ3v) is 4.74. The molecule has 1 heterocycles. The van der Waals surface area contributed by atoms with Crippen LogP contribution in [0.5, 0.6) is 0 Å². The molecule has 1 aliphatic heterocycles. The zero-order chi connectivity index (χ0) is 9.26. The second kappa shape index (κ2) is 3.59. The van der Waals surface area contributed by atoms with Crippen LogP contribution in [-0.4, -0.2) is 6.16 Å². The minimum Gasteiger partial charge on any atom is -0.0741 e. The topological polar surface area (TPSA) is 17.1 Å². The van der Waals surface area contributed by atoms with Gasteiger partial charge in [0.25, 0.3) is 0 Å². The van der Waals surface area contributed by atoms with Gasteiger partial charge < -0.3 is 0 Å². The van der Waals surface area contributed by atoms with Gasteiger partial charge in [0, 0.05) is 12.0 Å². The molecular weight excluding hydrogens is 179 g/mol. The first-order valence-corrected chi connectivity index (χ1v) is 6.30. The van der Waals surface area contributed by atoms with Gasteiger partial charge in [-0.15, -0.1) is 0 Å². The minimum absolute atomic E-state index is 0.344. The molecule has 0 aromatic heterocycles. The van der Waals surface area contributed by atoms with E-state index in [0.717, 1.165) is 19.0 Å². The second-order valence-corrected chi connectivity index (χ2v) is 5.56. The quantitative estimate of drug-likeness (QED) is 0.622. The Morgan fingerprint density at radius 2 is 2.15 bits per heavy atom. The predicted molar refractivity (Wildman–Crippen MR) is 55.6 cm³/mol. The van der Waals surface area contributed by atoms with E-state index in [1.807, 2.05) is 12.1 Å². The summed E-state index contributed by atoms with van der Waals surface area (Å²) in [6.45, 7) is 2.11. The molecule has 1 nitrogen and oxygen atoms in total. The van der Waals surface area contributed by atoms with Gasteiger partial charge in [-0.1, -0.05) is 28.8 Å². The molecule has 0 amide bonds. The smallest absolute Gasteiger partial charge is 0.0741 e. The van der Waals surface area contributed by atoms with Crippen molar-refractivity contribution in [3.05, 3.63) is 35.4 Å². The van der Waals surface area contributed by atoms with Gasteiger partial charge >= 0.3 is 7.80 Å². The molecule has 0 spiro atoms. The number of aryl methyl sites for hydroxylation is 1. The molecule has 1 aromatic carbocycles. The first-order valence-electron chi connectivity index (χ1n) is 4.78. The Hall–Kier alpha value is -0.680. The van der Waals surface area contributed by atoms with Crippen LogP contribution in [0, 0.1) is 6.92 Å². The van der Waals surface area contributed by atoms with E-state index in [2.05, 4.69) is 19.1 Å². The molecule has 1 saturated heterocycles. The fraction of sp³-hybridized carbons (Fsp3) is 0.455. The third kappa shape index (κ3) is 1.66. The summed E-state index contributed by atoms with van der Waals surface area (Å²) in [5, 5.41) is 0. The Morgan fingerprint density at radius 3 is 2.77 bits per heavy atom.